The van der Waals surface area contributed by atoms with Crippen molar-refractivity contribution in [3.8, 4) is 17.7 Å². The first-order valence-electron chi connectivity index (χ1n) is 13.0. The number of amides is 1. The Balaban J connectivity index is 1.49. The number of likely N-dealkylation sites (N-methyl/N-ethyl adjacent to an activating group) is 1. The minimum absolute atomic E-state index is 0.0695. The molecular formula is C28H34N6O3. The first-order valence-corrected chi connectivity index (χ1v) is 13.0. The van der Waals surface area contributed by atoms with Gasteiger partial charge in [0, 0.05) is 44.3 Å². The number of carbonyl (C=O) groups is 1. The molecule has 9 heteroatoms. The first kappa shape index (κ1) is 24.9. The number of phenols is 1. The van der Waals surface area contributed by atoms with Gasteiger partial charge in [0.25, 0.3) is 0 Å². The number of nitriles is 1. The van der Waals surface area contributed by atoms with Gasteiger partial charge in [-0.3, -0.25) is 4.79 Å². The van der Waals surface area contributed by atoms with E-state index in [0.29, 0.717) is 69.8 Å². The van der Waals surface area contributed by atoms with E-state index in [1.165, 1.54) is 6.08 Å². The van der Waals surface area contributed by atoms with Crippen molar-refractivity contribution in [2.45, 2.75) is 31.8 Å². The van der Waals surface area contributed by atoms with Crippen LogP contribution in [-0.4, -0.2) is 84.8 Å². The molecule has 2 saturated heterocycles. The van der Waals surface area contributed by atoms with Crippen LogP contribution < -0.4 is 14.5 Å². The van der Waals surface area contributed by atoms with Gasteiger partial charge in [-0.05, 0) is 51.1 Å². The quantitative estimate of drug-likeness (QED) is 0.602. The number of aromatic nitrogens is 1. The van der Waals surface area contributed by atoms with Gasteiger partial charge in [-0.15, -0.1) is 0 Å². The number of anilines is 2. The summed E-state index contributed by atoms with van der Waals surface area (Å²) in [6, 6.07) is 10.0. The number of hydrogen-bond acceptors (Lipinski definition) is 8. The minimum Gasteiger partial charge on any atom is -0.506 e. The SMILES string of the molecule is C=CC(=O)N1CCN(c2c(C#N)c(OC[C@@H]3CCCN3C)nc3c2CCN(c2ccccc2O)C3)CC1. The smallest absolute Gasteiger partial charge is 0.246 e. The normalized spacial score (nSPS) is 19.9. The largest absolute Gasteiger partial charge is 0.506 e. The molecule has 9 nitrogen and oxygen atoms in total. The predicted octanol–water partition coefficient (Wildman–Crippen LogP) is 2.53. The molecule has 0 unspecified atom stereocenters. The van der Waals surface area contributed by atoms with Gasteiger partial charge in [-0.25, -0.2) is 4.98 Å². The maximum absolute atomic E-state index is 12.1. The van der Waals surface area contributed by atoms with Crippen molar-refractivity contribution in [3.05, 3.63) is 53.7 Å². The highest BCUT2D eigenvalue weighted by Crippen LogP contribution is 2.39. The summed E-state index contributed by atoms with van der Waals surface area (Å²) in [5, 5.41) is 20.7. The molecule has 0 bridgehead atoms. The van der Waals surface area contributed by atoms with Gasteiger partial charge in [0.15, 0.2) is 0 Å². The van der Waals surface area contributed by atoms with Crippen LogP contribution in [0.15, 0.2) is 36.9 Å². The summed E-state index contributed by atoms with van der Waals surface area (Å²) in [7, 11) is 2.10. The van der Waals surface area contributed by atoms with E-state index in [2.05, 4.69) is 34.4 Å². The number of hydrogen-bond donors (Lipinski definition) is 1. The van der Waals surface area contributed by atoms with Gasteiger partial charge in [0.2, 0.25) is 11.8 Å². The number of aromatic hydroxyl groups is 1. The average molecular weight is 503 g/mol. The van der Waals surface area contributed by atoms with Crippen molar-refractivity contribution in [3.63, 3.8) is 0 Å². The number of carbonyl (C=O) groups excluding carboxylic acids is 1. The number of benzene rings is 1. The molecule has 1 N–H and O–H groups in total. The lowest BCUT2D eigenvalue weighted by molar-refractivity contribution is -0.126. The van der Waals surface area contributed by atoms with Crippen molar-refractivity contribution in [1.82, 2.24) is 14.8 Å². The molecule has 5 rings (SSSR count). The number of para-hydroxylation sites is 2. The lowest BCUT2D eigenvalue weighted by Gasteiger charge is -2.39. The Bertz CT molecular complexity index is 1220. The number of rotatable bonds is 6. The highest BCUT2D eigenvalue weighted by molar-refractivity contribution is 5.87. The highest BCUT2D eigenvalue weighted by atomic mass is 16.5. The van der Waals surface area contributed by atoms with Crippen LogP contribution in [0.5, 0.6) is 11.6 Å². The second-order valence-corrected chi connectivity index (χ2v) is 9.94. The minimum atomic E-state index is -0.0695. The monoisotopic (exact) mass is 502 g/mol. The van der Waals surface area contributed by atoms with Crippen LogP contribution >= 0.6 is 0 Å². The van der Waals surface area contributed by atoms with Gasteiger partial charge in [0.05, 0.1) is 23.6 Å². The van der Waals surface area contributed by atoms with Crippen molar-refractivity contribution in [2.24, 2.45) is 0 Å². The molecule has 1 amide bonds. The van der Waals surface area contributed by atoms with E-state index in [9.17, 15) is 15.2 Å². The summed E-state index contributed by atoms with van der Waals surface area (Å²) < 4.78 is 6.27. The summed E-state index contributed by atoms with van der Waals surface area (Å²) in [6.45, 7) is 8.74. The molecule has 0 saturated carbocycles. The third kappa shape index (κ3) is 4.94. The van der Waals surface area contributed by atoms with E-state index in [1.807, 2.05) is 18.2 Å². The van der Waals surface area contributed by atoms with Crippen LogP contribution in [0, 0.1) is 11.3 Å². The molecule has 1 atom stereocenters. The van der Waals surface area contributed by atoms with E-state index < -0.39 is 0 Å². The lowest BCUT2D eigenvalue weighted by atomic mass is 9.97. The van der Waals surface area contributed by atoms with Crippen LogP contribution in [0.3, 0.4) is 0 Å². The van der Waals surface area contributed by atoms with Crippen molar-refractivity contribution in [2.75, 3.05) is 62.7 Å². The zero-order chi connectivity index (χ0) is 25.9. The van der Waals surface area contributed by atoms with Gasteiger partial charge < -0.3 is 29.4 Å². The number of pyridine rings is 1. The van der Waals surface area contributed by atoms with Gasteiger partial charge in [-0.2, -0.15) is 5.26 Å². The maximum Gasteiger partial charge on any atom is 0.246 e. The number of piperazine rings is 1. The fourth-order valence-corrected chi connectivity index (χ4v) is 5.67. The Morgan fingerprint density at radius 3 is 2.68 bits per heavy atom. The highest BCUT2D eigenvalue weighted by Gasteiger charge is 2.32. The number of ether oxygens (including phenoxy) is 1. The second kappa shape index (κ2) is 10.7. The fraction of sp³-hybridized carbons (Fsp3) is 0.464. The number of phenolic OH excluding ortho intramolecular Hbond substituents is 1. The third-order valence-electron chi connectivity index (χ3n) is 7.79. The first-order chi connectivity index (χ1) is 18.0. The fourth-order valence-electron chi connectivity index (χ4n) is 5.67. The standard InChI is InChI=1S/C28H34N6O3/c1-3-26(36)32-13-15-33(16-14-32)27-21-10-12-34(24-8-4-5-9-25(24)35)18-23(21)30-28(22(27)17-29)37-19-20-7-6-11-31(20)2/h3-5,8-9,20,35H,1,6-7,10-16,18-19H2,2H3/t20-/m0/s1. The van der Waals surface area contributed by atoms with E-state index in [-0.39, 0.29) is 11.7 Å². The van der Waals surface area contributed by atoms with E-state index in [1.54, 1.807) is 11.0 Å². The Labute approximate surface area is 218 Å². The van der Waals surface area contributed by atoms with Crippen LogP contribution in [-0.2, 0) is 17.8 Å². The number of likely N-dealkylation sites (tertiary alicyclic amines) is 1. The Morgan fingerprint density at radius 2 is 2.00 bits per heavy atom. The molecule has 194 valence electrons. The topological polar surface area (TPSA) is 96.2 Å². The van der Waals surface area contributed by atoms with E-state index >= 15 is 0 Å². The predicted molar refractivity (Wildman–Crippen MR) is 142 cm³/mol. The Kier molecular flexibility index (Phi) is 7.19. The van der Waals surface area contributed by atoms with Crippen LogP contribution in [0.4, 0.5) is 11.4 Å². The van der Waals surface area contributed by atoms with Crippen LogP contribution in [0.25, 0.3) is 0 Å². The summed E-state index contributed by atoms with van der Waals surface area (Å²) in [5.74, 6) is 0.545. The van der Waals surface area contributed by atoms with Crippen molar-refractivity contribution >= 4 is 17.3 Å². The molecule has 3 aliphatic rings. The third-order valence-corrected chi connectivity index (χ3v) is 7.79. The molecule has 4 heterocycles. The molecule has 3 aliphatic heterocycles. The lowest BCUT2D eigenvalue weighted by Crippen LogP contribution is -2.49. The zero-order valence-corrected chi connectivity index (χ0v) is 21.4. The van der Waals surface area contributed by atoms with Crippen molar-refractivity contribution < 1.29 is 14.6 Å². The molecule has 37 heavy (non-hydrogen) atoms. The maximum atomic E-state index is 12.1. The number of fused-ring (bicyclic) bond motifs is 1. The molecular weight excluding hydrogens is 468 g/mol. The average Bonchev–Trinajstić information content (AvgIpc) is 3.35. The molecule has 2 aromatic rings. The van der Waals surface area contributed by atoms with E-state index in [4.69, 9.17) is 9.72 Å². The van der Waals surface area contributed by atoms with Gasteiger partial charge in [0.1, 0.15) is 24.0 Å². The molecule has 0 radical (unpaired) electrons. The molecule has 0 spiro atoms. The molecule has 2 fully saturated rings. The summed E-state index contributed by atoms with van der Waals surface area (Å²) >= 11 is 0. The van der Waals surface area contributed by atoms with Gasteiger partial charge in [-0.1, -0.05) is 18.7 Å². The molecule has 1 aromatic carbocycles. The van der Waals surface area contributed by atoms with Crippen molar-refractivity contribution in [1.29, 1.82) is 5.26 Å². The Hall–Kier alpha value is -3.77. The van der Waals surface area contributed by atoms with Crippen LogP contribution in [0.1, 0.15) is 29.7 Å². The second-order valence-electron chi connectivity index (χ2n) is 9.94. The molecule has 0 aliphatic carbocycles. The summed E-state index contributed by atoms with van der Waals surface area (Å²) in [4.78, 5) is 25.4. The Morgan fingerprint density at radius 1 is 1.22 bits per heavy atom. The van der Waals surface area contributed by atoms with Crippen LogP contribution in [0.2, 0.25) is 0 Å². The van der Waals surface area contributed by atoms with E-state index in [0.717, 1.165) is 42.0 Å². The number of nitrogens with zero attached hydrogens (tertiary/aromatic N) is 6. The zero-order valence-electron chi connectivity index (χ0n) is 21.4. The van der Waals surface area contributed by atoms with Gasteiger partial charge >= 0.3 is 0 Å². The molecule has 1 aromatic heterocycles. The summed E-state index contributed by atoms with van der Waals surface area (Å²) in [6.07, 6.45) is 4.25. The summed E-state index contributed by atoms with van der Waals surface area (Å²) in [5.41, 5.74) is 4.04.